The van der Waals surface area contributed by atoms with Crippen molar-refractivity contribution in [2.45, 2.75) is 39.7 Å². The van der Waals surface area contributed by atoms with E-state index in [1.54, 1.807) is 11.0 Å². The molecule has 1 amide bonds. The lowest BCUT2D eigenvalue weighted by Gasteiger charge is -2.24. The average Bonchev–Trinajstić information content (AvgIpc) is 2.82. The van der Waals surface area contributed by atoms with E-state index in [-0.39, 0.29) is 17.3 Å². The number of carbonyl (C=O) groups is 1. The van der Waals surface area contributed by atoms with Crippen molar-refractivity contribution in [2.75, 3.05) is 19.7 Å². The summed E-state index contributed by atoms with van der Waals surface area (Å²) in [5.41, 5.74) is 0.290. The van der Waals surface area contributed by atoms with Crippen LogP contribution in [0.15, 0.2) is 6.07 Å². The van der Waals surface area contributed by atoms with Crippen molar-refractivity contribution in [1.29, 1.82) is 0 Å². The van der Waals surface area contributed by atoms with Gasteiger partial charge in [-0.15, -0.1) is 0 Å². The number of amides is 1. The Bertz CT molecular complexity index is 525. The SMILES string of the molecule is Cc1cc(OC[C@H]2CCN(C(=O)OC(C)(C)C)C2)nc(Cl)n1. The van der Waals surface area contributed by atoms with E-state index in [0.29, 0.717) is 25.6 Å². The Morgan fingerprint density at radius 3 is 2.82 bits per heavy atom. The molecule has 0 N–H and O–H groups in total. The van der Waals surface area contributed by atoms with Gasteiger partial charge in [0.05, 0.1) is 6.61 Å². The molecule has 22 heavy (non-hydrogen) atoms. The molecule has 0 aliphatic carbocycles. The molecule has 1 saturated heterocycles. The molecule has 7 heteroatoms. The van der Waals surface area contributed by atoms with Crippen molar-refractivity contribution in [3.8, 4) is 5.88 Å². The summed E-state index contributed by atoms with van der Waals surface area (Å²) >= 11 is 5.80. The van der Waals surface area contributed by atoms with Gasteiger partial charge in [0.15, 0.2) is 0 Å². The molecule has 1 atom stereocenters. The molecule has 0 radical (unpaired) electrons. The number of ether oxygens (including phenoxy) is 2. The number of aromatic nitrogens is 2. The minimum atomic E-state index is -0.471. The Morgan fingerprint density at radius 1 is 1.45 bits per heavy atom. The maximum absolute atomic E-state index is 12.0. The van der Waals surface area contributed by atoms with Crippen LogP contribution in [0, 0.1) is 12.8 Å². The fourth-order valence-corrected chi connectivity index (χ4v) is 2.46. The molecule has 1 fully saturated rings. The third-order valence-corrected chi connectivity index (χ3v) is 3.38. The second-order valence-electron chi connectivity index (χ2n) is 6.51. The van der Waals surface area contributed by atoms with Gasteiger partial charge in [-0.25, -0.2) is 9.78 Å². The molecule has 2 heterocycles. The largest absolute Gasteiger partial charge is 0.477 e. The summed E-state index contributed by atoms with van der Waals surface area (Å²) in [4.78, 5) is 21.7. The van der Waals surface area contributed by atoms with E-state index < -0.39 is 5.60 Å². The molecule has 0 unspecified atom stereocenters. The highest BCUT2D eigenvalue weighted by Gasteiger charge is 2.30. The van der Waals surface area contributed by atoms with Crippen LogP contribution < -0.4 is 4.74 Å². The smallest absolute Gasteiger partial charge is 0.410 e. The van der Waals surface area contributed by atoms with Gasteiger partial charge < -0.3 is 14.4 Å². The van der Waals surface area contributed by atoms with Crippen LogP contribution in [0.1, 0.15) is 32.9 Å². The molecular formula is C15H22ClN3O3. The van der Waals surface area contributed by atoms with Crippen molar-refractivity contribution >= 4 is 17.7 Å². The Balaban J connectivity index is 1.82. The van der Waals surface area contributed by atoms with Crippen LogP contribution in [0.3, 0.4) is 0 Å². The highest BCUT2D eigenvalue weighted by molar-refractivity contribution is 6.28. The van der Waals surface area contributed by atoms with Crippen LogP contribution >= 0.6 is 11.6 Å². The van der Waals surface area contributed by atoms with Gasteiger partial charge in [0.1, 0.15) is 5.60 Å². The van der Waals surface area contributed by atoms with Crippen molar-refractivity contribution in [1.82, 2.24) is 14.9 Å². The van der Waals surface area contributed by atoms with Crippen LogP contribution in [-0.4, -0.2) is 46.3 Å². The highest BCUT2D eigenvalue weighted by Crippen LogP contribution is 2.21. The fraction of sp³-hybridized carbons (Fsp3) is 0.667. The summed E-state index contributed by atoms with van der Waals surface area (Å²) in [6.45, 7) is 9.24. The van der Waals surface area contributed by atoms with Crippen LogP contribution in [0.5, 0.6) is 5.88 Å². The molecule has 122 valence electrons. The summed E-state index contributed by atoms with van der Waals surface area (Å²) in [5.74, 6) is 0.731. The van der Waals surface area contributed by atoms with Crippen molar-refractivity contribution < 1.29 is 14.3 Å². The molecule has 6 nitrogen and oxygen atoms in total. The van der Waals surface area contributed by atoms with Crippen LogP contribution in [0.25, 0.3) is 0 Å². The van der Waals surface area contributed by atoms with E-state index >= 15 is 0 Å². The molecule has 0 saturated carbocycles. The number of nitrogens with zero attached hydrogens (tertiary/aromatic N) is 3. The van der Waals surface area contributed by atoms with E-state index in [1.807, 2.05) is 27.7 Å². The zero-order chi connectivity index (χ0) is 16.3. The average molecular weight is 328 g/mol. The third kappa shape index (κ3) is 5.02. The van der Waals surface area contributed by atoms with Gasteiger partial charge in [0.2, 0.25) is 11.2 Å². The normalized spacial score (nSPS) is 18.4. The standard InChI is InChI=1S/C15H22ClN3O3/c1-10-7-12(18-13(16)17-10)21-9-11-5-6-19(8-11)14(20)22-15(2,3)4/h7,11H,5-6,8-9H2,1-4H3/t11-/m0/s1. The lowest BCUT2D eigenvalue weighted by molar-refractivity contribution is 0.0284. The Morgan fingerprint density at radius 2 is 2.18 bits per heavy atom. The molecule has 0 aromatic carbocycles. The predicted octanol–water partition coefficient (Wildman–Crippen LogP) is 3.07. The molecule has 1 aliphatic rings. The first kappa shape index (κ1) is 16.8. The van der Waals surface area contributed by atoms with Crippen LogP contribution in [0.2, 0.25) is 5.28 Å². The second-order valence-corrected chi connectivity index (χ2v) is 6.85. The van der Waals surface area contributed by atoms with Crippen LogP contribution in [-0.2, 0) is 4.74 Å². The number of hydrogen-bond acceptors (Lipinski definition) is 5. The minimum absolute atomic E-state index is 0.178. The maximum atomic E-state index is 12.0. The van der Waals surface area contributed by atoms with Gasteiger partial charge in [-0.1, -0.05) is 0 Å². The lowest BCUT2D eigenvalue weighted by Crippen LogP contribution is -2.35. The molecule has 0 bridgehead atoms. The molecule has 2 rings (SSSR count). The van der Waals surface area contributed by atoms with Crippen molar-refractivity contribution in [3.05, 3.63) is 17.0 Å². The Kier molecular flexibility index (Phi) is 5.11. The number of aryl methyl sites for hydroxylation is 1. The Labute approximate surface area is 135 Å². The lowest BCUT2D eigenvalue weighted by atomic mass is 10.1. The van der Waals surface area contributed by atoms with Crippen LogP contribution in [0.4, 0.5) is 4.79 Å². The van der Waals surface area contributed by atoms with Crippen molar-refractivity contribution in [3.63, 3.8) is 0 Å². The summed E-state index contributed by atoms with van der Waals surface area (Å²) < 4.78 is 11.0. The number of likely N-dealkylation sites (tertiary alicyclic amines) is 1. The topological polar surface area (TPSA) is 64.5 Å². The third-order valence-electron chi connectivity index (χ3n) is 3.21. The summed E-state index contributed by atoms with van der Waals surface area (Å²) in [6, 6.07) is 1.74. The van der Waals surface area contributed by atoms with Gasteiger partial charge in [0.25, 0.3) is 0 Å². The molecule has 1 aliphatic heterocycles. The summed E-state index contributed by atoms with van der Waals surface area (Å²) in [7, 11) is 0. The predicted molar refractivity (Wildman–Crippen MR) is 83.2 cm³/mol. The zero-order valence-corrected chi connectivity index (χ0v) is 14.2. The summed E-state index contributed by atoms with van der Waals surface area (Å²) in [6.07, 6.45) is 0.618. The molecule has 0 spiro atoms. The van der Waals surface area contributed by atoms with E-state index in [9.17, 15) is 4.79 Å². The van der Waals surface area contributed by atoms with Gasteiger partial charge in [0, 0.05) is 30.8 Å². The first-order valence-corrected chi connectivity index (χ1v) is 7.72. The first-order chi connectivity index (χ1) is 10.2. The molecule has 1 aromatic rings. The minimum Gasteiger partial charge on any atom is -0.477 e. The quantitative estimate of drug-likeness (QED) is 0.798. The molecule has 1 aromatic heterocycles. The van der Waals surface area contributed by atoms with E-state index in [1.165, 1.54) is 0 Å². The number of carbonyl (C=O) groups excluding carboxylic acids is 1. The number of rotatable bonds is 3. The number of hydrogen-bond donors (Lipinski definition) is 0. The first-order valence-electron chi connectivity index (χ1n) is 7.35. The fourth-order valence-electron chi connectivity index (χ4n) is 2.24. The molecular weight excluding hydrogens is 306 g/mol. The van der Waals surface area contributed by atoms with Gasteiger partial charge in [-0.2, -0.15) is 4.98 Å². The maximum Gasteiger partial charge on any atom is 0.410 e. The summed E-state index contributed by atoms with van der Waals surface area (Å²) in [5, 5.41) is 0.178. The Hall–Kier alpha value is -1.56. The van der Waals surface area contributed by atoms with Gasteiger partial charge in [-0.3, -0.25) is 0 Å². The highest BCUT2D eigenvalue weighted by atomic mass is 35.5. The van der Waals surface area contributed by atoms with Gasteiger partial charge in [-0.05, 0) is 45.7 Å². The second kappa shape index (κ2) is 6.69. The number of halogens is 1. The zero-order valence-electron chi connectivity index (χ0n) is 13.4. The van der Waals surface area contributed by atoms with E-state index in [4.69, 9.17) is 21.1 Å². The van der Waals surface area contributed by atoms with E-state index in [2.05, 4.69) is 9.97 Å². The monoisotopic (exact) mass is 327 g/mol. The van der Waals surface area contributed by atoms with Gasteiger partial charge >= 0.3 is 6.09 Å². The van der Waals surface area contributed by atoms with Crippen molar-refractivity contribution in [2.24, 2.45) is 5.92 Å². The van der Waals surface area contributed by atoms with E-state index in [0.717, 1.165) is 12.1 Å².